The highest BCUT2D eigenvalue weighted by Gasteiger charge is 2.20. The Labute approximate surface area is 155 Å². The summed E-state index contributed by atoms with van der Waals surface area (Å²) in [6, 6.07) is 16.1. The fourth-order valence-corrected chi connectivity index (χ4v) is 3.30. The number of carbonyl (C=O) groups is 1. The molecule has 0 fully saturated rings. The lowest BCUT2D eigenvalue weighted by Gasteiger charge is -2.13. The van der Waals surface area contributed by atoms with Crippen LogP contribution in [0, 0.1) is 12.7 Å². The third kappa shape index (κ3) is 4.29. The Bertz CT molecular complexity index is 898. The summed E-state index contributed by atoms with van der Waals surface area (Å²) in [7, 11) is 0. The van der Waals surface area contributed by atoms with Gasteiger partial charge in [-0.25, -0.2) is 4.39 Å². The molecule has 5 nitrogen and oxygen atoms in total. The SMILES string of the molecule is Cc1nnc(SC(C)C(=O)Nc2ccccc2F)n1Cc1ccccc1. The number of thioether (sulfide) groups is 1. The van der Waals surface area contributed by atoms with Gasteiger partial charge < -0.3 is 9.88 Å². The average molecular weight is 370 g/mol. The van der Waals surface area contributed by atoms with Crippen LogP contribution in [0.5, 0.6) is 0 Å². The van der Waals surface area contributed by atoms with Crippen molar-refractivity contribution in [2.45, 2.75) is 30.8 Å². The second kappa shape index (κ2) is 8.14. The van der Waals surface area contributed by atoms with E-state index in [1.54, 1.807) is 19.1 Å². The minimum absolute atomic E-state index is 0.173. The van der Waals surface area contributed by atoms with Crippen LogP contribution in [0.2, 0.25) is 0 Å². The zero-order valence-corrected chi connectivity index (χ0v) is 15.3. The summed E-state index contributed by atoms with van der Waals surface area (Å²) in [4.78, 5) is 12.4. The largest absolute Gasteiger partial charge is 0.323 e. The molecule has 26 heavy (non-hydrogen) atoms. The number of hydrogen-bond acceptors (Lipinski definition) is 4. The van der Waals surface area contributed by atoms with Crippen LogP contribution in [0.1, 0.15) is 18.3 Å². The summed E-state index contributed by atoms with van der Waals surface area (Å²) < 4.78 is 15.7. The van der Waals surface area contributed by atoms with Crippen molar-refractivity contribution < 1.29 is 9.18 Å². The van der Waals surface area contributed by atoms with Crippen molar-refractivity contribution in [1.29, 1.82) is 0 Å². The van der Waals surface area contributed by atoms with Crippen molar-refractivity contribution in [1.82, 2.24) is 14.8 Å². The molecule has 0 spiro atoms. The lowest BCUT2D eigenvalue weighted by atomic mass is 10.2. The molecule has 1 aromatic heterocycles. The molecule has 2 aromatic carbocycles. The average Bonchev–Trinajstić information content (AvgIpc) is 2.98. The monoisotopic (exact) mass is 370 g/mol. The number of hydrogen-bond donors (Lipinski definition) is 1. The normalized spacial score (nSPS) is 12.0. The highest BCUT2D eigenvalue weighted by atomic mass is 32.2. The molecule has 0 bridgehead atoms. The maximum Gasteiger partial charge on any atom is 0.237 e. The maximum absolute atomic E-state index is 13.7. The molecule has 1 N–H and O–H groups in total. The Morgan fingerprint density at radius 1 is 1.15 bits per heavy atom. The third-order valence-corrected chi connectivity index (χ3v) is 4.95. The molecule has 0 saturated heterocycles. The van der Waals surface area contributed by atoms with Crippen LogP contribution in [0.3, 0.4) is 0 Å². The number of nitrogens with zero attached hydrogens (tertiary/aromatic N) is 3. The first-order valence-electron chi connectivity index (χ1n) is 8.20. The van der Waals surface area contributed by atoms with Gasteiger partial charge in [-0.05, 0) is 31.5 Å². The van der Waals surface area contributed by atoms with Gasteiger partial charge in [0.05, 0.1) is 17.5 Å². The van der Waals surface area contributed by atoms with E-state index in [1.807, 2.05) is 41.8 Å². The molecule has 1 unspecified atom stereocenters. The molecule has 0 aliphatic carbocycles. The van der Waals surface area contributed by atoms with Crippen molar-refractivity contribution in [2.24, 2.45) is 0 Å². The van der Waals surface area contributed by atoms with E-state index in [2.05, 4.69) is 15.5 Å². The minimum Gasteiger partial charge on any atom is -0.323 e. The van der Waals surface area contributed by atoms with Crippen LogP contribution in [0.4, 0.5) is 10.1 Å². The first-order valence-corrected chi connectivity index (χ1v) is 9.08. The fourth-order valence-electron chi connectivity index (χ4n) is 2.41. The third-order valence-electron chi connectivity index (χ3n) is 3.87. The van der Waals surface area contributed by atoms with Crippen LogP contribution in [-0.4, -0.2) is 25.9 Å². The van der Waals surface area contributed by atoms with Crippen molar-refractivity contribution in [2.75, 3.05) is 5.32 Å². The van der Waals surface area contributed by atoms with E-state index >= 15 is 0 Å². The summed E-state index contributed by atoms with van der Waals surface area (Å²) in [6.45, 7) is 4.27. The molecular formula is C19H19FN4OS. The number of benzene rings is 2. The maximum atomic E-state index is 13.7. The van der Waals surface area contributed by atoms with E-state index in [-0.39, 0.29) is 11.6 Å². The molecule has 3 rings (SSSR count). The molecule has 7 heteroatoms. The lowest BCUT2D eigenvalue weighted by Crippen LogP contribution is -2.23. The summed E-state index contributed by atoms with van der Waals surface area (Å²) in [5.41, 5.74) is 1.30. The quantitative estimate of drug-likeness (QED) is 0.669. The second-order valence-corrected chi connectivity index (χ2v) is 7.14. The Hall–Kier alpha value is -2.67. The van der Waals surface area contributed by atoms with E-state index in [0.29, 0.717) is 11.7 Å². The number of rotatable bonds is 6. The number of halogens is 1. The van der Waals surface area contributed by atoms with Crippen LogP contribution in [0.15, 0.2) is 59.8 Å². The van der Waals surface area contributed by atoms with Gasteiger partial charge in [0.1, 0.15) is 11.6 Å². The Morgan fingerprint density at radius 3 is 2.58 bits per heavy atom. The van der Waals surface area contributed by atoms with E-state index in [9.17, 15) is 9.18 Å². The summed E-state index contributed by atoms with van der Waals surface area (Å²) in [6.07, 6.45) is 0. The molecule has 1 atom stereocenters. The topological polar surface area (TPSA) is 59.8 Å². The van der Waals surface area contributed by atoms with Gasteiger partial charge >= 0.3 is 0 Å². The molecule has 1 heterocycles. The number of aryl methyl sites for hydroxylation is 1. The number of anilines is 1. The Morgan fingerprint density at radius 2 is 1.85 bits per heavy atom. The molecular weight excluding hydrogens is 351 g/mol. The highest BCUT2D eigenvalue weighted by molar-refractivity contribution is 8.00. The van der Waals surface area contributed by atoms with E-state index in [1.165, 1.54) is 23.9 Å². The van der Waals surface area contributed by atoms with Crippen molar-refractivity contribution >= 4 is 23.4 Å². The number of para-hydroxylation sites is 1. The molecule has 0 aliphatic heterocycles. The standard InChI is InChI=1S/C19H19FN4OS/c1-13(18(25)21-17-11-7-6-10-16(17)20)26-19-23-22-14(2)24(19)12-15-8-4-3-5-9-15/h3-11,13H,12H2,1-2H3,(H,21,25). The second-order valence-electron chi connectivity index (χ2n) is 5.83. The Balaban J connectivity index is 1.70. The van der Waals surface area contributed by atoms with Crippen LogP contribution < -0.4 is 5.32 Å². The number of amides is 1. The molecule has 0 aliphatic rings. The van der Waals surface area contributed by atoms with Gasteiger partial charge in [0.15, 0.2) is 5.16 Å². The predicted molar refractivity (Wildman–Crippen MR) is 101 cm³/mol. The number of nitrogens with one attached hydrogen (secondary N) is 1. The first kappa shape index (κ1) is 18.1. The van der Waals surface area contributed by atoms with Crippen molar-refractivity contribution in [3.05, 3.63) is 71.8 Å². The molecule has 1 amide bonds. The van der Waals surface area contributed by atoms with Crippen LogP contribution in [-0.2, 0) is 11.3 Å². The van der Waals surface area contributed by atoms with E-state index in [0.717, 1.165) is 11.4 Å². The lowest BCUT2D eigenvalue weighted by molar-refractivity contribution is -0.115. The smallest absolute Gasteiger partial charge is 0.237 e. The van der Waals surface area contributed by atoms with Crippen molar-refractivity contribution in [3.8, 4) is 0 Å². The van der Waals surface area contributed by atoms with Gasteiger partial charge in [0.2, 0.25) is 5.91 Å². The van der Waals surface area contributed by atoms with E-state index in [4.69, 9.17) is 0 Å². The molecule has 0 radical (unpaired) electrons. The van der Waals surface area contributed by atoms with E-state index < -0.39 is 11.1 Å². The van der Waals surface area contributed by atoms with Crippen LogP contribution >= 0.6 is 11.8 Å². The highest BCUT2D eigenvalue weighted by Crippen LogP contribution is 2.24. The first-order chi connectivity index (χ1) is 12.5. The predicted octanol–water partition coefficient (Wildman–Crippen LogP) is 3.89. The minimum atomic E-state index is -0.457. The van der Waals surface area contributed by atoms with Gasteiger partial charge in [-0.1, -0.05) is 54.2 Å². The van der Waals surface area contributed by atoms with Gasteiger partial charge in [-0.2, -0.15) is 0 Å². The molecule has 3 aromatic rings. The summed E-state index contributed by atoms with van der Waals surface area (Å²) >= 11 is 1.30. The van der Waals surface area contributed by atoms with Gasteiger partial charge in [0.25, 0.3) is 0 Å². The fraction of sp³-hybridized carbons (Fsp3) is 0.211. The van der Waals surface area contributed by atoms with Crippen molar-refractivity contribution in [3.63, 3.8) is 0 Å². The van der Waals surface area contributed by atoms with Gasteiger partial charge in [0, 0.05) is 0 Å². The van der Waals surface area contributed by atoms with Gasteiger partial charge in [-0.15, -0.1) is 10.2 Å². The van der Waals surface area contributed by atoms with Crippen LogP contribution in [0.25, 0.3) is 0 Å². The summed E-state index contributed by atoms with van der Waals surface area (Å²) in [5, 5.41) is 11.1. The zero-order chi connectivity index (χ0) is 18.5. The van der Waals surface area contributed by atoms with Gasteiger partial charge in [-0.3, -0.25) is 4.79 Å². The molecule has 134 valence electrons. The zero-order valence-electron chi connectivity index (χ0n) is 14.5. The number of aromatic nitrogens is 3. The molecule has 0 saturated carbocycles. The summed E-state index contributed by atoms with van der Waals surface area (Å²) in [5.74, 6) is 0.0335. The Kier molecular flexibility index (Phi) is 5.68. The number of carbonyl (C=O) groups excluding carboxylic acids is 1.